The van der Waals surface area contributed by atoms with Crippen LogP contribution in [0.4, 0.5) is 0 Å². The zero-order chi connectivity index (χ0) is 15.8. The Labute approximate surface area is 130 Å². The van der Waals surface area contributed by atoms with E-state index in [0.29, 0.717) is 26.4 Å². The fourth-order valence-corrected chi connectivity index (χ4v) is 2.22. The third-order valence-corrected chi connectivity index (χ3v) is 3.29. The molecule has 0 saturated carbocycles. The predicted molar refractivity (Wildman–Crippen MR) is 84.9 cm³/mol. The summed E-state index contributed by atoms with van der Waals surface area (Å²) in [6.45, 7) is 6.64. The summed E-state index contributed by atoms with van der Waals surface area (Å²) < 4.78 is 17.5. The minimum absolute atomic E-state index is 0.214. The molecule has 0 aliphatic rings. The van der Waals surface area contributed by atoms with E-state index in [1.54, 1.807) is 0 Å². The van der Waals surface area contributed by atoms with Crippen LogP contribution < -0.4 is 0 Å². The van der Waals surface area contributed by atoms with Crippen LogP contribution in [0.25, 0.3) is 10.9 Å². The van der Waals surface area contributed by atoms with Gasteiger partial charge in [-0.15, -0.1) is 0 Å². The molecule has 0 fully saturated rings. The Morgan fingerprint density at radius 3 is 2.68 bits per heavy atom. The third kappa shape index (κ3) is 4.86. The van der Waals surface area contributed by atoms with Gasteiger partial charge in [0.15, 0.2) is 0 Å². The lowest BCUT2D eigenvalue weighted by Crippen LogP contribution is -2.16. The van der Waals surface area contributed by atoms with Gasteiger partial charge in [-0.05, 0) is 37.4 Å². The van der Waals surface area contributed by atoms with E-state index >= 15 is 0 Å². The van der Waals surface area contributed by atoms with Crippen LogP contribution in [0.15, 0.2) is 30.5 Å². The number of aryl methyl sites for hydroxylation is 1. The van der Waals surface area contributed by atoms with Crippen molar-refractivity contribution in [2.75, 3.05) is 33.0 Å². The van der Waals surface area contributed by atoms with E-state index in [4.69, 9.17) is 14.2 Å². The number of nitrogens with zero attached hydrogens (tertiary/aromatic N) is 1. The molecule has 0 atom stereocenters. The molecule has 0 N–H and O–H groups in total. The molecule has 1 heterocycles. The number of rotatable bonds is 9. The van der Waals surface area contributed by atoms with Crippen LogP contribution in [0.5, 0.6) is 0 Å². The Hall–Kier alpha value is -1.85. The first-order valence-electron chi connectivity index (χ1n) is 7.57. The quantitative estimate of drug-likeness (QED) is 0.528. The topological polar surface area (TPSA) is 49.7 Å². The number of fused-ring (bicyclic) bond motifs is 1. The number of ether oxygens (including phenoxy) is 3. The van der Waals surface area contributed by atoms with Gasteiger partial charge in [0.25, 0.3) is 0 Å². The molecule has 1 aromatic heterocycles. The summed E-state index contributed by atoms with van der Waals surface area (Å²) in [5, 5.41) is 1.13. The number of esters is 1. The highest BCUT2D eigenvalue weighted by Crippen LogP contribution is 2.17. The minimum Gasteiger partial charge on any atom is -0.462 e. The van der Waals surface area contributed by atoms with E-state index in [1.807, 2.05) is 35.9 Å². The molecule has 5 nitrogen and oxygen atoms in total. The molecule has 2 aromatic rings. The number of carbonyl (C=O) groups excluding carboxylic acids is 1. The SMILES string of the molecule is CCOCCOCCOC(=O)Cn1ccc2cc(C)ccc21. The van der Waals surface area contributed by atoms with Gasteiger partial charge in [-0.2, -0.15) is 0 Å². The lowest BCUT2D eigenvalue weighted by molar-refractivity contribution is -0.145. The Bertz CT molecular complexity index is 606. The first-order valence-corrected chi connectivity index (χ1v) is 7.57. The molecule has 5 heteroatoms. The minimum atomic E-state index is -0.258. The maximum absolute atomic E-state index is 11.8. The van der Waals surface area contributed by atoms with Crippen molar-refractivity contribution in [2.24, 2.45) is 0 Å². The third-order valence-electron chi connectivity index (χ3n) is 3.29. The summed E-state index contributed by atoms with van der Waals surface area (Å²) in [6.07, 6.45) is 1.91. The number of benzene rings is 1. The van der Waals surface area contributed by atoms with Gasteiger partial charge in [0, 0.05) is 18.3 Å². The lowest BCUT2D eigenvalue weighted by atomic mass is 10.2. The molecule has 2 rings (SSSR count). The van der Waals surface area contributed by atoms with Crippen molar-refractivity contribution < 1.29 is 19.0 Å². The standard InChI is InChI=1S/C17H23NO4/c1-3-20-8-9-21-10-11-22-17(19)13-18-7-6-15-12-14(2)4-5-16(15)18/h4-7,12H,3,8-11,13H2,1-2H3. The van der Waals surface area contributed by atoms with Crippen LogP contribution in [-0.4, -0.2) is 43.6 Å². The summed E-state index contributed by atoms with van der Waals surface area (Å²) in [4.78, 5) is 11.8. The fourth-order valence-electron chi connectivity index (χ4n) is 2.22. The van der Waals surface area contributed by atoms with Gasteiger partial charge in [-0.25, -0.2) is 0 Å². The van der Waals surface area contributed by atoms with Gasteiger partial charge >= 0.3 is 5.97 Å². The summed E-state index contributed by atoms with van der Waals surface area (Å²) in [5.74, 6) is -0.258. The summed E-state index contributed by atoms with van der Waals surface area (Å²) in [6, 6.07) is 8.17. The highest BCUT2D eigenvalue weighted by molar-refractivity contribution is 5.82. The summed E-state index contributed by atoms with van der Waals surface area (Å²) in [7, 11) is 0. The van der Waals surface area contributed by atoms with E-state index in [-0.39, 0.29) is 19.1 Å². The average molecular weight is 305 g/mol. The Morgan fingerprint density at radius 2 is 1.86 bits per heavy atom. The first-order chi connectivity index (χ1) is 10.7. The molecule has 0 radical (unpaired) electrons. The monoisotopic (exact) mass is 305 g/mol. The molecule has 0 bridgehead atoms. The van der Waals surface area contributed by atoms with E-state index in [0.717, 1.165) is 10.9 Å². The van der Waals surface area contributed by atoms with Crippen molar-refractivity contribution in [3.05, 3.63) is 36.0 Å². The van der Waals surface area contributed by atoms with Crippen LogP contribution in [0, 0.1) is 6.92 Å². The maximum Gasteiger partial charge on any atom is 0.326 e. The Kier molecular flexibility index (Phi) is 6.43. The van der Waals surface area contributed by atoms with Gasteiger partial charge < -0.3 is 18.8 Å². The molecule has 0 aliphatic heterocycles. The lowest BCUT2D eigenvalue weighted by Gasteiger charge is -2.08. The van der Waals surface area contributed by atoms with E-state index in [2.05, 4.69) is 13.0 Å². The number of aromatic nitrogens is 1. The average Bonchev–Trinajstić information content (AvgIpc) is 2.88. The zero-order valence-electron chi connectivity index (χ0n) is 13.2. The van der Waals surface area contributed by atoms with Gasteiger partial charge in [0.1, 0.15) is 13.2 Å². The van der Waals surface area contributed by atoms with Crippen molar-refractivity contribution in [3.8, 4) is 0 Å². The summed E-state index contributed by atoms with van der Waals surface area (Å²) in [5.41, 5.74) is 2.24. The second-order valence-corrected chi connectivity index (χ2v) is 5.04. The van der Waals surface area contributed by atoms with Crippen LogP contribution >= 0.6 is 0 Å². The highest BCUT2D eigenvalue weighted by atomic mass is 16.6. The van der Waals surface area contributed by atoms with Crippen molar-refractivity contribution in [1.29, 1.82) is 0 Å². The van der Waals surface area contributed by atoms with Crippen molar-refractivity contribution >= 4 is 16.9 Å². The zero-order valence-corrected chi connectivity index (χ0v) is 13.2. The fraction of sp³-hybridized carbons (Fsp3) is 0.471. The van der Waals surface area contributed by atoms with Gasteiger partial charge in [0.05, 0.1) is 19.8 Å². The molecule has 0 aliphatic carbocycles. The maximum atomic E-state index is 11.8. The highest BCUT2D eigenvalue weighted by Gasteiger charge is 2.07. The number of hydrogen-bond donors (Lipinski definition) is 0. The number of hydrogen-bond acceptors (Lipinski definition) is 4. The second-order valence-electron chi connectivity index (χ2n) is 5.04. The molecule has 0 spiro atoms. The van der Waals surface area contributed by atoms with Crippen molar-refractivity contribution in [2.45, 2.75) is 20.4 Å². The second kappa shape index (κ2) is 8.56. The molecule has 0 saturated heterocycles. The Balaban J connectivity index is 1.72. The van der Waals surface area contributed by atoms with Crippen LogP contribution in [0.1, 0.15) is 12.5 Å². The normalized spacial score (nSPS) is 11.0. The Morgan fingerprint density at radius 1 is 1.09 bits per heavy atom. The largest absolute Gasteiger partial charge is 0.462 e. The molecular formula is C17H23NO4. The number of carbonyl (C=O) groups is 1. The van der Waals surface area contributed by atoms with Crippen LogP contribution in [0.3, 0.4) is 0 Å². The molecule has 0 amide bonds. The molecule has 1 aromatic carbocycles. The van der Waals surface area contributed by atoms with Crippen LogP contribution in [-0.2, 0) is 25.5 Å². The van der Waals surface area contributed by atoms with E-state index < -0.39 is 0 Å². The smallest absolute Gasteiger partial charge is 0.326 e. The first kappa shape index (κ1) is 16.5. The molecule has 22 heavy (non-hydrogen) atoms. The van der Waals surface area contributed by atoms with Crippen LogP contribution in [0.2, 0.25) is 0 Å². The van der Waals surface area contributed by atoms with Gasteiger partial charge in [0.2, 0.25) is 0 Å². The summed E-state index contributed by atoms with van der Waals surface area (Å²) >= 11 is 0. The van der Waals surface area contributed by atoms with Gasteiger partial charge in [-0.1, -0.05) is 11.6 Å². The van der Waals surface area contributed by atoms with Gasteiger partial charge in [-0.3, -0.25) is 4.79 Å². The predicted octanol–water partition coefficient (Wildman–Crippen LogP) is 2.55. The molecule has 0 unspecified atom stereocenters. The molecular weight excluding hydrogens is 282 g/mol. The van der Waals surface area contributed by atoms with E-state index in [9.17, 15) is 4.79 Å². The van der Waals surface area contributed by atoms with Crippen molar-refractivity contribution in [3.63, 3.8) is 0 Å². The van der Waals surface area contributed by atoms with E-state index in [1.165, 1.54) is 5.56 Å². The van der Waals surface area contributed by atoms with Crippen molar-refractivity contribution in [1.82, 2.24) is 4.57 Å². The molecule has 120 valence electrons.